The minimum absolute atomic E-state index is 0.612. The highest BCUT2D eigenvalue weighted by Gasteiger charge is 2.76. The zero-order valence-electron chi connectivity index (χ0n) is 11.8. The highest BCUT2D eigenvalue weighted by Crippen LogP contribution is 2.82. The van der Waals surface area contributed by atoms with Crippen LogP contribution in [-0.4, -0.2) is 15.7 Å². The first-order valence-electron chi connectivity index (χ1n) is 7.54. The van der Waals surface area contributed by atoms with E-state index < -0.39 is 0 Å². The summed E-state index contributed by atoms with van der Waals surface area (Å²) in [5.74, 6) is 2.68. The molecule has 0 aliphatic heterocycles. The number of rotatable bonds is 7. The smallest absolute Gasteiger partial charge is 0.0653 e. The van der Waals surface area contributed by atoms with Crippen LogP contribution in [0.1, 0.15) is 52.9 Å². The molecule has 17 heavy (non-hydrogen) atoms. The van der Waals surface area contributed by atoms with Gasteiger partial charge in [-0.25, -0.2) is 0 Å². The van der Waals surface area contributed by atoms with Gasteiger partial charge in [0.2, 0.25) is 0 Å². The molecule has 0 bridgehead atoms. The highest BCUT2D eigenvalue weighted by atomic mass is 14.8. The molecule has 0 aromatic heterocycles. The first kappa shape index (κ1) is 13.6. The van der Waals surface area contributed by atoms with Gasteiger partial charge in [0, 0.05) is 0 Å². The van der Waals surface area contributed by atoms with Gasteiger partial charge in [-0.05, 0) is 47.8 Å². The van der Waals surface area contributed by atoms with Gasteiger partial charge < -0.3 is 0 Å². The molecule has 5 unspecified atom stereocenters. The molecule has 0 amide bonds. The van der Waals surface area contributed by atoms with Crippen LogP contribution in [0.4, 0.5) is 0 Å². The molecule has 0 aromatic rings. The van der Waals surface area contributed by atoms with Crippen molar-refractivity contribution in [2.45, 2.75) is 65.5 Å². The molecule has 0 aromatic carbocycles. The van der Waals surface area contributed by atoms with E-state index in [0.717, 1.165) is 30.4 Å². The number of hydrogen-bond donors (Lipinski definition) is 0. The fourth-order valence-electron chi connectivity index (χ4n) is 5.46. The van der Waals surface area contributed by atoms with Crippen molar-refractivity contribution in [2.75, 3.05) is 0 Å². The van der Waals surface area contributed by atoms with Crippen molar-refractivity contribution in [3.8, 4) is 0 Å². The molecule has 0 saturated heterocycles. The second-order valence-electron chi connectivity index (χ2n) is 6.35. The van der Waals surface area contributed by atoms with E-state index in [4.69, 9.17) is 15.7 Å². The lowest BCUT2D eigenvalue weighted by Gasteiger charge is -2.29. The van der Waals surface area contributed by atoms with Gasteiger partial charge in [-0.2, -0.15) is 0 Å². The lowest BCUT2D eigenvalue weighted by atomic mass is 9.74. The Balaban J connectivity index is 2.14. The predicted octanol–water partition coefficient (Wildman–Crippen LogP) is 4.02. The van der Waals surface area contributed by atoms with Crippen LogP contribution in [0.25, 0.3) is 0 Å². The average Bonchev–Trinajstić information content (AvgIpc) is 3.18. The summed E-state index contributed by atoms with van der Waals surface area (Å²) < 4.78 is 0. The standard InChI is InChI=1S/C15H26B2/c1-4-14(10-12(14)6-8-16)15(5-2)11(3)13(15)7-9-17/h11-13H,4-10H2,1-3H3. The molecule has 0 N–H and O–H groups in total. The molecular weight excluding hydrogens is 202 g/mol. The van der Waals surface area contributed by atoms with E-state index in [1.165, 1.54) is 32.1 Å². The van der Waals surface area contributed by atoms with Crippen LogP contribution < -0.4 is 0 Å². The Morgan fingerprint density at radius 2 is 1.71 bits per heavy atom. The van der Waals surface area contributed by atoms with E-state index in [2.05, 4.69) is 20.8 Å². The molecule has 2 heteroatoms. The topological polar surface area (TPSA) is 0 Å². The van der Waals surface area contributed by atoms with Crippen LogP contribution in [0.2, 0.25) is 12.6 Å². The van der Waals surface area contributed by atoms with Gasteiger partial charge in [0.25, 0.3) is 0 Å². The van der Waals surface area contributed by atoms with Crippen LogP contribution in [0.15, 0.2) is 0 Å². The normalized spacial score (nSPS) is 48.1. The van der Waals surface area contributed by atoms with Crippen LogP contribution in [0, 0.1) is 28.6 Å². The quantitative estimate of drug-likeness (QED) is 0.577. The molecule has 92 valence electrons. The summed E-state index contributed by atoms with van der Waals surface area (Å²) in [5.41, 5.74) is 1.24. The molecule has 0 nitrogen and oxygen atoms in total. The van der Waals surface area contributed by atoms with Crippen molar-refractivity contribution < 1.29 is 0 Å². The second-order valence-corrected chi connectivity index (χ2v) is 6.35. The van der Waals surface area contributed by atoms with Gasteiger partial charge in [0.05, 0.1) is 15.7 Å². The summed E-state index contributed by atoms with van der Waals surface area (Å²) >= 11 is 0. The third kappa shape index (κ3) is 1.65. The Morgan fingerprint density at radius 1 is 1.06 bits per heavy atom. The zero-order valence-corrected chi connectivity index (χ0v) is 11.8. The second kappa shape index (κ2) is 4.67. The van der Waals surface area contributed by atoms with E-state index in [9.17, 15) is 0 Å². The Kier molecular flexibility index (Phi) is 3.72. The molecule has 2 aliphatic rings. The Bertz CT molecular complexity index is 278. The van der Waals surface area contributed by atoms with Crippen molar-refractivity contribution in [2.24, 2.45) is 28.6 Å². The Labute approximate surface area is 110 Å². The average molecular weight is 228 g/mol. The molecule has 4 radical (unpaired) electrons. The largest absolute Gasteiger partial charge is 0.0884 e. The minimum atomic E-state index is 0.612. The summed E-state index contributed by atoms with van der Waals surface area (Å²) in [6, 6.07) is 0. The molecule has 2 fully saturated rings. The highest BCUT2D eigenvalue weighted by molar-refractivity contribution is 6.08. The minimum Gasteiger partial charge on any atom is -0.0884 e. The van der Waals surface area contributed by atoms with Gasteiger partial charge in [0.15, 0.2) is 0 Å². The molecule has 2 saturated carbocycles. The summed E-state index contributed by atoms with van der Waals surface area (Å²) in [4.78, 5) is 0. The summed E-state index contributed by atoms with van der Waals surface area (Å²) in [6.07, 6.45) is 8.30. The molecule has 0 heterocycles. The van der Waals surface area contributed by atoms with Crippen molar-refractivity contribution in [3.63, 3.8) is 0 Å². The van der Waals surface area contributed by atoms with E-state index in [1.54, 1.807) is 0 Å². The predicted molar refractivity (Wildman–Crippen MR) is 76.6 cm³/mol. The van der Waals surface area contributed by atoms with Gasteiger partial charge in [-0.3, -0.25) is 0 Å². The SMILES string of the molecule is [B]CCC1CC1(CC)C1(CC)C(C)C1CC[B]. The van der Waals surface area contributed by atoms with Crippen LogP contribution >= 0.6 is 0 Å². The summed E-state index contributed by atoms with van der Waals surface area (Å²) in [5, 5.41) is 0. The lowest BCUT2D eigenvalue weighted by Crippen LogP contribution is -2.22. The molecule has 2 rings (SSSR count). The Morgan fingerprint density at radius 3 is 2.18 bits per heavy atom. The van der Waals surface area contributed by atoms with Crippen molar-refractivity contribution in [1.29, 1.82) is 0 Å². The third-order valence-electron chi connectivity index (χ3n) is 6.34. The van der Waals surface area contributed by atoms with Crippen molar-refractivity contribution in [1.82, 2.24) is 0 Å². The Hall–Kier alpha value is 0.130. The van der Waals surface area contributed by atoms with Gasteiger partial charge in [0.1, 0.15) is 0 Å². The van der Waals surface area contributed by atoms with Crippen LogP contribution in [-0.2, 0) is 0 Å². The first-order chi connectivity index (χ1) is 8.14. The monoisotopic (exact) mass is 228 g/mol. The molecular formula is C15H26B2. The summed E-state index contributed by atoms with van der Waals surface area (Å²) in [6.45, 7) is 7.24. The lowest BCUT2D eigenvalue weighted by molar-refractivity contribution is 0.195. The van der Waals surface area contributed by atoms with E-state index in [-0.39, 0.29) is 0 Å². The summed E-state index contributed by atoms with van der Waals surface area (Å²) in [7, 11) is 11.5. The fourth-order valence-corrected chi connectivity index (χ4v) is 5.46. The van der Waals surface area contributed by atoms with Crippen molar-refractivity contribution in [3.05, 3.63) is 0 Å². The van der Waals surface area contributed by atoms with E-state index >= 15 is 0 Å². The fraction of sp³-hybridized carbons (Fsp3) is 1.00. The van der Waals surface area contributed by atoms with Crippen LogP contribution in [0.3, 0.4) is 0 Å². The maximum absolute atomic E-state index is 5.79. The number of hydrogen-bond acceptors (Lipinski definition) is 0. The molecule has 0 spiro atoms. The molecule has 2 aliphatic carbocycles. The van der Waals surface area contributed by atoms with Crippen molar-refractivity contribution >= 4 is 15.7 Å². The first-order valence-corrected chi connectivity index (χ1v) is 7.54. The van der Waals surface area contributed by atoms with E-state index in [1.807, 2.05) is 0 Å². The maximum atomic E-state index is 5.79. The van der Waals surface area contributed by atoms with Crippen LogP contribution in [0.5, 0.6) is 0 Å². The van der Waals surface area contributed by atoms with Gasteiger partial charge >= 0.3 is 0 Å². The maximum Gasteiger partial charge on any atom is 0.0653 e. The third-order valence-corrected chi connectivity index (χ3v) is 6.34. The molecule has 5 atom stereocenters. The zero-order chi connectivity index (χ0) is 12.7. The van der Waals surface area contributed by atoms with E-state index in [0.29, 0.717) is 10.8 Å². The van der Waals surface area contributed by atoms with Gasteiger partial charge in [-0.15, -0.1) is 0 Å². The van der Waals surface area contributed by atoms with Gasteiger partial charge in [-0.1, -0.05) is 46.3 Å².